The lowest BCUT2D eigenvalue weighted by atomic mass is 9.93. The van der Waals surface area contributed by atoms with E-state index in [2.05, 4.69) is 20.7 Å². The molecular formula is C12H22BrN3O3S. The Labute approximate surface area is 128 Å². The Bertz CT molecular complexity index is 552. The standard InChI is InChI=1S/C12H22BrN3O3S/c1-12(2,8-16(3)4)7-15-20(17,18)10-5-9(6-14)19-11(10)13/h5,15H,6-8,14H2,1-4H3. The Morgan fingerprint density at radius 1 is 1.45 bits per heavy atom. The molecule has 1 heterocycles. The Hall–Kier alpha value is -0.410. The molecule has 0 spiro atoms. The molecule has 8 heteroatoms. The van der Waals surface area contributed by atoms with Crippen LogP contribution in [0.4, 0.5) is 0 Å². The largest absolute Gasteiger partial charge is 0.452 e. The molecule has 0 radical (unpaired) electrons. The molecule has 0 aliphatic heterocycles. The van der Waals surface area contributed by atoms with Crippen LogP contribution in [0.25, 0.3) is 0 Å². The van der Waals surface area contributed by atoms with Crippen LogP contribution in [0.15, 0.2) is 20.0 Å². The molecule has 0 amide bonds. The molecule has 6 nitrogen and oxygen atoms in total. The predicted octanol–water partition coefficient (Wildman–Crippen LogP) is 1.37. The van der Waals surface area contributed by atoms with Crippen molar-refractivity contribution in [3.63, 3.8) is 0 Å². The molecule has 0 unspecified atom stereocenters. The summed E-state index contributed by atoms with van der Waals surface area (Å²) in [6, 6.07) is 1.44. The second kappa shape index (κ2) is 6.57. The van der Waals surface area contributed by atoms with Crippen LogP contribution in [0, 0.1) is 5.41 Å². The van der Waals surface area contributed by atoms with Crippen molar-refractivity contribution in [1.29, 1.82) is 0 Å². The number of hydrogen-bond donors (Lipinski definition) is 2. The normalized spacial score (nSPS) is 13.2. The minimum Gasteiger partial charge on any atom is -0.452 e. The number of sulfonamides is 1. The van der Waals surface area contributed by atoms with E-state index in [4.69, 9.17) is 10.2 Å². The maximum atomic E-state index is 12.3. The monoisotopic (exact) mass is 367 g/mol. The Balaban J connectivity index is 2.82. The lowest BCUT2D eigenvalue weighted by Crippen LogP contribution is -2.39. The van der Waals surface area contributed by atoms with E-state index >= 15 is 0 Å². The van der Waals surface area contributed by atoms with Crippen molar-refractivity contribution in [2.45, 2.75) is 25.3 Å². The Kier molecular flexibility index (Phi) is 5.79. The summed E-state index contributed by atoms with van der Waals surface area (Å²) < 4.78 is 32.5. The van der Waals surface area contributed by atoms with Crippen molar-refractivity contribution in [3.8, 4) is 0 Å². The number of hydrogen-bond acceptors (Lipinski definition) is 5. The van der Waals surface area contributed by atoms with Gasteiger partial charge in [0, 0.05) is 19.2 Å². The molecule has 0 bridgehead atoms. The molecule has 1 aromatic rings. The molecule has 1 rings (SSSR count). The molecule has 3 N–H and O–H groups in total. The fraction of sp³-hybridized carbons (Fsp3) is 0.667. The average Bonchev–Trinajstić information content (AvgIpc) is 2.67. The summed E-state index contributed by atoms with van der Waals surface area (Å²) in [5, 5.41) is 0. The van der Waals surface area contributed by atoms with Crippen molar-refractivity contribution in [2.24, 2.45) is 11.1 Å². The van der Waals surface area contributed by atoms with Crippen LogP contribution >= 0.6 is 15.9 Å². The van der Waals surface area contributed by atoms with Crippen molar-refractivity contribution in [2.75, 3.05) is 27.2 Å². The van der Waals surface area contributed by atoms with E-state index in [0.717, 1.165) is 6.54 Å². The first kappa shape index (κ1) is 17.6. The fourth-order valence-electron chi connectivity index (χ4n) is 1.96. The quantitative estimate of drug-likeness (QED) is 0.759. The highest BCUT2D eigenvalue weighted by atomic mass is 79.9. The molecule has 1 aromatic heterocycles. The zero-order valence-electron chi connectivity index (χ0n) is 12.2. The molecule has 0 saturated carbocycles. The number of nitrogens with one attached hydrogen (secondary N) is 1. The predicted molar refractivity (Wildman–Crippen MR) is 81.8 cm³/mol. The van der Waals surface area contributed by atoms with Gasteiger partial charge in [0.05, 0.1) is 6.54 Å². The van der Waals surface area contributed by atoms with E-state index in [1.165, 1.54) is 6.07 Å². The zero-order chi connectivity index (χ0) is 15.6. The molecule has 116 valence electrons. The van der Waals surface area contributed by atoms with E-state index in [9.17, 15) is 8.42 Å². The topological polar surface area (TPSA) is 88.6 Å². The highest BCUT2D eigenvalue weighted by molar-refractivity contribution is 9.10. The van der Waals surface area contributed by atoms with Crippen LogP contribution in [0.1, 0.15) is 19.6 Å². The third-order valence-corrected chi connectivity index (χ3v) is 4.94. The highest BCUT2D eigenvalue weighted by Crippen LogP contribution is 2.26. The first-order valence-corrected chi connectivity index (χ1v) is 8.48. The van der Waals surface area contributed by atoms with E-state index in [1.54, 1.807) is 0 Å². The molecule has 0 fully saturated rings. The van der Waals surface area contributed by atoms with Crippen molar-refractivity contribution < 1.29 is 12.8 Å². The molecule has 0 aliphatic rings. The number of nitrogens with two attached hydrogens (primary N) is 1. The molecule has 0 aliphatic carbocycles. The third kappa shape index (κ3) is 4.85. The summed E-state index contributed by atoms with van der Waals surface area (Å²) in [4.78, 5) is 2.10. The van der Waals surface area contributed by atoms with Crippen molar-refractivity contribution in [3.05, 3.63) is 16.5 Å². The van der Waals surface area contributed by atoms with Gasteiger partial charge in [0.25, 0.3) is 0 Å². The number of furan rings is 1. The maximum Gasteiger partial charge on any atom is 0.244 e. The highest BCUT2D eigenvalue weighted by Gasteiger charge is 2.26. The zero-order valence-corrected chi connectivity index (χ0v) is 14.6. The van der Waals surface area contributed by atoms with Gasteiger partial charge in [0.2, 0.25) is 10.0 Å². The molecular weight excluding hydrogens is 346 g/mol. The van der Waals surface area contributed by atoms with Gasteiger partial charge in [0.15, 0.2) is 4.67 Å². The first-order valence-electron chi connectivity index (χ1n) is 6.20. The maximum absolute atomic E-state index is 12.3. The van der Waals surface area contributed by atoms with Gasteiger partial charge in [-0.05, 0) is 35.4 Å². The minimum atomic E-state index is -3.61. The smallest absolute Gasteiger partial charge is 0.244 e. The number of halogens is 1. The van der Waals surface area contributed by atoms with Crippen molar-refractivity contribution in [1.82, 2.24) is 9.62 Å². The van der Waals surface area contributed by atoms with Crippen LogP contribution in [-0.2, 0) is 16.6 Å². The minimum absolute atomic E-state index is 0.0820. The van der Waals surface area contributed by atoms with Crippen LogP contribution in [-0.4, -0.2) is 40.5 Å². The van der Waals surface area contributed by atoms with Gasteiger partial charge >= 0.3 is 0 Å². The molecule has 0 atom stereocenters. The molecule has 0 saturated heterocycles. The molecule has 20 heavy (non-hydrogen) atoms. The third-order valence-electron chi connectivity index (χ3n) is 2.68. The SMILES string of the molecule is CN(C)CC(C)(C)CNS(=O)(=O)c1cc(CN)oc1Br. The first-order chi connectivity index (χ1) is 9.07. The summed E-state index contributed by atoms with van der Waals surface area (Å²) in [6.07, 6.45) is 0. The van der Waals surface area contributed by atoms with Crippen LogP contribution in [0.5, 0.6) is 0 Å². The van der Waals surface area contributed by atoms with Crippen LogP contribution in [0.2, 0.25) is 0 Å². The second-order valence-corrected chi connectivity index (χ2v) is 8.24. The number of rotatable bonds is 7. The second-order valence-electron chi connectivity index (χ2n) is 5.78. The van der Waals surface area contributed by atoms with Gasteiger partial charge < -0.3 is 15.1 Å². The van der Waals surface area contributed by atoms with Gasteiger partial charge in [-0.2, -0.15) is 0 Å². The van der Waals surface area contributed by atoms with Gasteiger partial charge in [-0.3, -0.25) is 0 Å². The average molecular weight is 368 g/mol. The lowest BCUT2D eigenvalue weighted by molar-refractivity contribution is 0.242. The van der Waals surface area contributed by atoms with E-state index in [-0.39, 0.29) is 21.5 Å². The van der Waals surface area contributed by atoms with Gasteiger partial charge in [-0.1, -0.05) is 13.8 Å². The Morgan fingerprint density at radius 2 is 2.05 bits per heavy atom. The Morgan fingerprint density at radius 3 is 2.50 bits per heavy atom. The van der Waals surface area contributed by atoms with Crippen LogP contribution in [0.3, 0.4) is 0 Å². The van der Waals surface area contributed by atoms with Gasteiger partial charge in [-0.15, -0.1) is 0 Å². The van der Waals surface area contributed by atoms with Gasteiger partial charge in [0.1, 0.15) is 10.7 Å². The summed E-state index contributed by atoms with van der Waals surface area (Å²) in [6.45, 7) is 5.27. The van der Waals surface area contributed by atoms with Crippen molar-refractivity contribution >= 4 is 26.0 Å². The number of nitrogens with zero attached hydrogens (tertiary/aromatic N) is 1. The fourth-order valence-corrected chi connectivity index (χ4v) is 4.20. The molecule has 0 aromatic carbocycles. The summed E-state index contributed by atoms with van der Waals surface area (Å²) in [5.41, 5.74) is 5.26. The summed E-state index contributed by atoms with van der Waals surface area (Å²) >= 11 is 3.10. The van der Waals surface area contributed by atoms with E-state index in [1.807, 2.05) is 32.8 Å². The van der Waals surface area contributed by atoms with E-state index < -0.39 is 10.0 Å². The summed E-state index contributed by atoms with van der Waals surface area (Å²) in [7, 11) is 0.296. The van der Waals surface area contributed by atoms with Crippen LogP contribution < -0.4 is 10.5 Å². The van der Waals surface area contributed by atoms with Gasteiger partial charge in [-0.25, -0.2) is 13.1 Å². The van der Waals surface area contributed by atoms with E-state index in [0.29, 0.717) is 12.3 Å². The lowest BCUT2D eigenvalue weighted by Gasteiger charge is -2.28. The summed E-state index contributed by atoms with van der Waals surface area (Å²) in [5.74, 6) is 0.421.